The van der Waals surface area contributed by atoms with Crippen LogP contribution in [0.15, 0.2) is 30.5 Å². The van der Waals surface area contributed by atoms with Crippen LogP contribution < -0.4 is 4.90 Å². The van der Waals surface area contributed by atoms with Crippen molar-refractivity contribution in [3.05, 3.63) is 30.5 Å². The van der Waals surface area contributed by atoms with Crippen LogP contribution in [-0.4, -0.2) is 34.1 Å². The summed E-state index contributed by atoms with van der Waals surface area (Å²) in [5.41, 5.74) is 1.83. The number of carbonyl (C=O) groups is 1. The molecule has 0 bridgehead atoms. The lowest BCUT2D eigenvalue weighted by Gasteiger charge is -2.32. The number of fused-ring (bicyclic) bond motifs is 1. The molecule has 0 atom stereocenters. The molecule has 1 aliphatic rings. The first-order valence-corrected chi connectivity index (χ1v) is 7.41. The first kappa shape index (κ1) is 13.8. The molecule has 5 heteroatoms. The zero-order chi connectivity index (χ0) is 14.7. The van der Waals surface area contributed by atoms with Gasteiger partial charge in [-0.25, -0.2) is 4.98 Å². The predicted molar refractivity (Wildman–Crippen MR) is 81.3 cm³/mol. The van der Waals surface area contributed by atoms with E-state index in [1.54, 1.807) is 0 Å². The third-order valence-corrected chi connectivity index (χ3v) is 4.14. The van der Waals surface area contributed by atoms with Crippen LogP contribution in [0.2, 0.25) is 0 Å². The van der Waals surface area contributed by atoms with Gasteiger partial charge >= 0.3 is 5.97 Å². The maximum atomic E-state index is 10.6. The third-order valence-electron chi connectivity index (χ3n) is 4.14. The SMILES string of the molecule is O=C(O)CCC1CCN(c2cnc3ccccc3n2)CC1. The standard InChI is InChI=1S/C16H19N3O2/c20-16(21)6-5-12-7-9-19(10-8-12)15-11-17-13-3-1-2-4-14(13)18-15/h1-4,11-12H,5-10H2,(H,20,21). The monoisotopic (exact) mass is 285 g/mol. The molecule has 2 aromatic rings. The first-order valence-electron chi connectivity index (χ1n) is 7.41. The molecule has 1 saturated heterocycles. The summed E-state index contributed by atoms with van der Waals surface area (Å²) in [4.78, 5) is 22.0. The largest absolute Gasteiger partial charge is 0.481 e. The number of carboxylic acid groups (broad SMARTS) is 1. The molecule has 0 spiro atoms. The second-order valence-electron chi connectivity index (χ2n) is 5.58. The van der Waals surface area contributed by atoms with Gasteiger partial charge in [-0.2, -0.15) is 0 Å². The van der Waals surface area contributed by atoms with Gasteiger partial charge in [0.1, 0.15) is 5.82 Å². The van der Waals surface area contributed by atoms with Crippen molar-refractivity contribution in [2.45, 2.75) is 25.7 Å². The van der Waals surface area contributed by atoms with Crippen molar-refractivity contribution in [3.8, 4) is 0 Å². The number of hydrogen-bond donors (Lipinski definition) is 1. The lowest BCUT2D eigenvalue weighted by atomic mass is 9.92. The van der Waals surface area contributed by atoms with Gasteiger partial charge in [0.2, 0.25) is 0 Å². The topological polar surface area (TPSA) is 66.3 Å². The molecule has 0 amide bonds. The molecule has 21 heavy (non-hydrogen) atoms. The summed E-state index contributed by atoms with van der Waals surface area (Å²) >= 11 is 0. The van der Waals surface area contributed by atoms with Crippen LogP contribution in [-0.2, 0) is 4.79 Å². The number of benzene rings is 1. The first-order chi connectivity index (χ1) is 10.2. The van der Waals surface area contributed by atoms with Gasteiger partial charge in [-0.05, 0) is 37.3 Å². The van der Waals surface area contributed by atoms with E-state index in [1.165, 1.54) is 0 Å². The average Bonchev–Trinajstić information content (AvgIpc) is 2.53. The molecule has 0 unspecified atom stereocenters. The van der Waals surface area contributed by atoms with Crippen molar-refractivity contribution in [2.24, 2.45) is 5.92 Å². The summed E-state index contributed by atoms with van der Waals surface area (Å²) in [6, 6.07) is 7.87. The summed E-state index contributed by atoms with van der Waals surface area (Å²) < 4.78 is 0. The van der Waals surface area contributed by atoms with Gasteiger partial charge in [0, 0.05) is 19.5 Å². The van der Waals surface area contributed by atoms with Crippen LogP contribution in [0.25, 0.3) is 11.0 Å². The van der Waals surface area contributed by atoms with Gasteiger partial charge in [-0.1, -0.05) is 12.1 Å². The van der Waals surface area contributed by atoms with Gasteiger partial charge in [-0.15, -0.1) is 0 Å². The normalized spacial score (nSPS) is 16.3. The van der Waals surface area contributed by atoms with Gasteiger partial charge in [0.15, 0.2) is 0 Å². The van der Waals surface area contributed by atoms with E-state index in [9.17, 15) is 4.79 Å². The van der Waals surface area contributed by atoms with Gasteiger partial charge in [0.05, 0.1) is 17.2 Å². The number of piperidine rings is 1. The quantitative estimate of drug-likeness (QED) is 0.935. The van der Waals surface area contributed by atoms with Crippen LogP contribution in [0, 0.1) is 5.92 Å². The smallest absolute Gasteiger partial charge is 0.303 e. The van der Waals surface area contributed by atoms with Gasteiger partial charge in [0.25, 0.3) is 0 Å². The van der Waals surface area contributed by atoms with Crippen molar-refractivity contribution >= 4 is 22.8 Å². The Morgan fingerprint density at radius 2 is 1.95 bits per heavy atom. The highest BCUT2D eigenvalue weighted by Crippen LogP contribution is 2.25. The molecule has 5 nitrogen and oxygen atoms in total. The highest BCUT2D eigenvalue weighted by Gasteiger charge is 2.21. The van der Waals surface area contributed by atoms with Crippen LogP contribution >= 0.6 is 0 Å². The number of rotatable bonds is 4. The fourth-order valence-corrected chi connectivity index (χ4v) is 2.88. The molecule has 1 fully saturated rings. The van der Waals surface area contributed by atoms with E-state index in [2.05, 4.69) is 14.9 Å². The number of hydrogen-bond acceptors (Lipinski definition) is 4. The lowest BCUT2D eigenvalue weighted by molar-refractivity contribution is -0.137. The zero-order valence-electron chi connectivity index (χ0n) is 11.9. The average molecular weight is 285 g/mol. The minimum absolute atomic E-state index is 0.278. The second-order valence-corrected chi connectivity index (χ2v) is 5.58. The minimum Gasteiger partial charge on any atom is -0.481 e. The molecule has 0 radical (unpaired) electrons. The van der Waals surface area contributed by atoms with Crippen LogP contribution in [0.4, 0.5) is 5.82 Å². The number of aliphatic carboxylic acids is 1. The molecule has 1 N–H and O–H groups in total. The van der Waals surface area contributed by atoms with E-state index in [4.69, 9.17) is 5.11 Å². The molecular formula is C16H19N3O2. The highest BCUT2D eigenvalue weighted by atomic mass is 16.4. The van der Waals surface area contributed by atoms with E-state index >= 15 is 0 Å². The Hall–Kier alpha value is -2.17. The maximum absolute atomic E-state index is 10.6. The molecule has 0 aliphatic carbocycles. The fourth-order valence-electron chi connectivity index (χ4n) is 2.88. The van der Waals surface area contributed by atoms with Crippen molar-refractivity contribution in [2.75, 3.05) is 18.0 Å². The number of nitrogens with zero attached hydrogens (tertiary/aromatic N) is 3. The Balaban J connectivity index is 1.64. The Labute approximate surface area is 123 Å². The summed E-state index contributed by atoms with van der Waals surface area (Å²) in [6.07, 6.45) is 4.95. The van der Waals surface area contributed by atoms with Gasteiger partial charge < -0.3 is 10.0 Å². The highest BCUT2D eigenvalue weighted by molar-refractivity contribution is 5.75. The molecule has 1 aromatic heterocycles. The van der Waals surface area contributed by atoms with E-state index in [0.29, 0.717) is 5.92 Å². The van der Waals surface area contributed by atoms with E-state index in [0.717, 1.165) is 49.2 Å². The molecule has 1 aliphatic heterocycles. The predicted octanol–water partition coefficient (Wildman–Crippen LogP) is 2.71. The summed E-state index contributed by atoms with van der Waals surface area (Å²) in [5.74, 6) is 0.744. The Bertz CT molecular complexity index is 636. The Morgan fingerprint density at radius 3 is 2.67 bits per heavy atom. The fraction of sp³-hybridized carbons (Fsp3) is 0.438. The summed E-state index contributed by atoms with van der Waals surface area (Å²) in [6.45, 7) is 1.86. The van der Waals surface area contributed by atoms with E-state index in [1.807, 2.05) is 30.5 Å². The van der Waals surface area contributed by atoms with Crippen LogP contribution in [0.1, 0.15) is 25.7 Å². The zero-order valence-corrected chi connectivity index (χ0v) is 11.9. The van der Waals surface area contributed by atoms with Crippen molar-refractivity contribution < 1.29 is 9.90 Å². The second kappa shape index (κ2) is 6.08. The molecule has 2 heterocycles. The Morgan fingerprint density at radius 1 is 1.24 bits per heavy atom. The lowest BCUT2D eigenvalue weighted by Crippen LogP contribution is -2.34. The number of carboxylic acids is 1. The van der Waals surface area contributed by atoms with Crippen molar-refractivity contribution in [1.29, 1.82) is 0 Å². The molecule has 3 rings (SSSR count). The number of anilines is 1. The third kappa shape index (κ3) is 3.29. The maximum Gasteiger partial charge on any atom is 0.303 e. The van der Waals surface area contributed by atoms with E-state index in [-0.39, 0.29) is 6.42 Å². The number of para-hydroxylation sites is 2. The van der Waals surface area contributed by atoms with Crippen molar-refractivity contribution in [3.63, 3.8) is 0 Å². The van der Waals surface area contributed by atoms with Crippen LogP contribution in [0.3, 0.4) is 0 Å². The number of aromatic nitrogens is 2. The Kier molecular flexibility index (Phi) is 3.99. The molecule has 110 valence electrons. The molecule has 1 aromatic carbocycles. The molecular weight excluding hydrogens is 266 g/mol. The minimum atomic E-state index is -0.696. The summed E-state index contributed by atoms with van der Waals surface area (Å²) in [7, 11) is 0. The van der Waals surface area contributed by atoms with Crippen molar-refractivity contribution in [1.82, 2.24) is 9.97 Å². The summed E-state index contributed by atoms with van der Waals surface area (Å²) in [5, 5.41) is 8.75. The van der Waals surface area contributed by atoms with E-state index < -0.39 is 5.97 Å². The molecule has 0 saturated carbocycles. The van der Waals surface area contributed by atoms with Gasteiger partial charge in [-0.3, -0.25) is 9.78 Å². The van der Waals surface area contributed by atoms with Crippen LogP contribution in [0.5, 0.6) is 0 Å².